The lowest BCUT2D eigenvalue weighted by atomic mass is 9.59. The zero-order valence-corrected chi connectivity index (χ0v) is 20.5. The van der Waals surface area contributed by atoms with Gasteiger partial charge in [0, 0.05) is 46.4 Å². The van der Waals surface area contributed by atoms with E-state index in [1.165, 1.54) is 0 Å². The molecule has 3 aromatic rings. The molecule has 33 heavy (non-hydrogen) atoms. The van der Waals surface area contributed by atoms with Crippen molar-refractivity contribution in [3.05, 3.63) is 45.3 Å². The van der Waals surface area contributed by atoms with Crippen LogP contribution < -0.4 is 4.74 Å². The van der Waals surface area contributed by atoms with Crippen molar-refractivity contribution in [3.8, 4) is 16.5 Å². The second-order valence-corrected chi connectivity index (χ2v) is 11.4. The van der Waals surface area contributed by atoms with Crippen LogP contribution in [0.1, 0.15) is 68.6 Å². The summed E-state index contributed by atoms with van der Waals surface area (Å²) in [7, 11) is 0. The van der Waals surface area contributed by atoms with Gasteiger partial charge in [0.25, 0.3) is 5.19 Å². The van der Waals surface area contributed by atoms with Gasteiger partial charge < -0.3 is 14.0 Å². The summed E-state index contributed by atoms with van der Waals surface area (Å²) in [5.74, 6) is 1.33. The Morgan fingerprint density at radius 2 is 1.79 bits per heavy atom. The van der Waals surface area contributed by atoms with Gasteiger partial charge in [0.2, 0.25) is 0 Å². The van der Waals surface area contributed by atoms with Crippen molar-refractivity contribution in [1.29, 1.82) is 0 Å². The molecule has 0 spiro atoms. The zero-order chi connectivity index (χ0) is 22.5. The molecule has 0 atom stereocenters. The Hall–Kier alpha value is -1.67. The predicted molar refractivity (Wildman–Crippen MR) is 127 cm³/mol. The third kappa shape index (κ3) is 4.18. The molecule has 6 nitrogen and oxygen atoms in total. The van der Waals surface area contributed by atoms with Crippen molar-refractivity contribution in [2.45, 2.75) is 69.5 Å². The Labute approximate surface area is 206 Å². The summed E-state index contributed by atoms with van der Waals surface area (Å²) in [5.41, 5.74) is 2.49. The highest BCUT2D eigenvalue weighted by Gasteiger charge is 2.50. The minimum absolute atomic E-state index is 0.0931. The number of pyridine rings is 1. The first-order valence-electron chi connectivity index (χ1n) is 11.5. The Kier molecular flexibility index (Phi) is 5.64. The van der Waals surface area contributed by atoms with E-state index in [0.29, 0.717) is 33.8 Å². The average Bonchev–Trinajstić information content (AvgIpc) is 3.37. The van der Waals surface area contributed by atoms with Gasteiger partial charge in [0.05, 0.1) is 28.9 Å². The molecule has 9 heteroatoms. The van der Waals surface area contributed by atoms with Gasteiger partial charge >= 0.3 is 0 Å². The van der Waals surface area contributed by atoms with E-state index < -0.39 is 0 Å². The molecule has 0 N–H and O–H groups in total. The lowest BCUT2D eigenvalue weighted by Gasteiger charge is -2.52. The van der Waals surface area contributed by atoms with Gasteiger partial charge in [0.15, 0.2) is 0 Å². The van der Waals surface area contributed by atoms with Gasteiger partial charge in [-0.05, 0) is 51.4 Å². The fourth-order valence-electron chi connectivity index (χ4n) is 5.35. The van der Waals surface area contributed by atoms with E-state index >= 15 is 0 Å². The minimum Gasteiger partial charge on any atom is -0.469 e. The van der Waals surface area contributed by atoms with E-state index in [4.69, 9.17) is 37.2 Å². The molecule has 174 valence electrons. The first-order chi connectivity index (χ1) is 16.1. The smallest absolute Gasteiger partial charge is 0.273 e. The molecule has 0 radical (unpaired) electrons. The summed E-state index contributed by atoms with van der Waals surface area (Å²) in [6.07, 6.45) is 13.7. The summed E-state index contributed by atoms with van der Waals surface area (Å²) < 4.78 is 18.5. The van der Waals surface area contributed by atoms with Crippen molar-refractivity contribution in [2.75, 3.05) is 6.61 Å². The van der Waals surface area contributed by atoms with Gasteiger partial charge in [-0.25, -0.2) is 4.98 Å². The van der Waals surface area contributed by atoms with E-state index in [1.807, 2.05) is 5.38 Å². The molecule has 4 saturated carbocycles. The van der Waals surface area contributed by atoms with Gasteiger partial charge in [-0.1, -0.05) is 39.7 Å². The van der Waals surface area contributed by atoms with Crippen LogP contribution in [0.2, 0.25) is 10.0 Å². The maximum atomic E-state index is 6.71. The molecule has 0 aliphatic heterocycles. The lowest BCUT2D eigenvalue weighted by molar-refractivity contribution is -0.150. The van der Waals surface area contributed by atoms with Gasteiger partial charge in [-0.3, -0.25) is 4.98 Å². The molecule has 4 fully saturated rings. The Balaban J connectivity index is 1.18. The second-order valence-electron chi connectivity index (χ2n) is 9.68. The molecule has 3 aromatic heterocycles. The molecule has 0 amide bonds. The number of ether oxygens (including phenoxy) is 2. The monoisotopic (exact) mass is 505 g/mol. The normalized spacial score (nSPS) is 26.6. The number of hydrogen-bond donors (Lipinski definition) is 0. The highest BCUT2D eigenvalue weighted by atomic mass is 35.5. The molecule has 2 bridgehead atoms. The maximum Gasteiger partial charge on any atom is 0.273 e. The van der Waals surface area contributed by atoms with Gasteiger partial charge in [-0.2, -0.15) is 0 Å². The quantitative estimate of drug-likeness (QED) is 0.326. The fourth-order valence-corrected chi connectivity index (χ4v) is 6.38. The largest absolute Gasteiger partial charge is 0.469 e. The summed E-state index contributed by atoms with van der Waals surface area (Å²) in [4.78, 5) is 8.33. The maximum absolute atomic E-state index is 6.71. The number of hydrogen-bond acceptors (Lipinski definition) is 7. The van der Waals surface area contributed by atoms with Crippen LogP contribution >= 0.6 is 34.5 Å². The number of thiazole rings is 1. The summed E-state index contributed by atoms with van der Waals surface area (Å²) in [6.45, 7) is 1.21. The molecule has 0 unspecified atom stereocenters. The Morgan fingerprint density at radius 3 is 2.42 bits per heavy atom. The van der Waals surface area contributed by atoms with Crippen LogP contribution in [0.25, 0.3) is 11.3 Å². The van der Waals surface area contributed by atoms with Crippen molar-refractivity contribution in [1.82, 2.24) is 15.1 Å². The highest BCUT2D eigenvalue weighted by Crippen LogP contribution is 2.55. The van der Waals surface area contributed by atoms with Crippen molar-refractivity contribution in [2.24, 2.45) is 5.41 Å². The summed E-state index contributed by atoms with van der Waals surface area (Å²) in [5, 5.41) is 8.04. The van der Waals surface area contributed by atoms with E-state index in [0.717, 1.165) is 74.5 Å². The van der Waals surface area contributed by atoms with E-state index in [9.17, 15) is 0 Å². The fraction of sp³-hybridized carbons (Fsp3) is 0.542. The molecule has 7 rings (SSSR count). The number of nitrogens with zero attached hydrogens (tertiary/aromatic N) is 3. The van der Waals surface area contributed by atoms with Gasteiger partial charge in [0.1, 0.15) is 11.5 Å². The SMILES string of the molecule is Clc1cncc(Cl)c1-c1noc(C2CC2)c1COC12CCC(COc3nccs3)(CC1)CC2. The summed E-state index contributed by atoms with van der Waals surface area (Å²) >= 11 is 14.4. The van der Waals surface area contributed by atoms with Crippen LogP contribution in [0.3, 0.4) is 0 Å². The topological polar surface area (TPSA) is 70.3 Å². The highest BCUT2D eigenvalue weighted by molar-refractivity contribution is 7.11. The predicted octanol–water partition coefficient (Wildman–Crippen LogP) is 7.07. The number of rotatable bonds is 8. The van der Waals surface area contributed by atoms with Crippen molar-refractivity contribution >= 4 is 34.5 Å². The van der Waals surface area contributed by atoms with E-state index in [2.05, 4.69) is 15.1 Å². The lowest BCUT2D eigenvalue weighted by Crippen LogP contribution is -2.49. The van der Waals surface area contributed by atoms with Crippen LogP contribution in [0.5, 0.6) is 5.19 Å². The first kappa shape index (κ1) is 21.8. The molecular weight excluding hydrogens is 481 g/mol. The minimum atomic E-state index is -0.0931. The Morgan fingerprint density at radius 1 is 1.06 bits per heavy atom. The van der Waals surface area contributed by atoms with Crippen LogP contribution in [0.4, 0.5) is 0 Å². The first-order valence-corrected chi connectivity index (χ1v) is 13.1. The van der Waals surface area contributed by atoms with Crippen LogP contribution in [0, 0.1) is 5.41 Å². The molecule has 0 aromatic carbocycles. The van der Waals surface area contributed by atoms with Gasteiger partial charge in [-0.15, -0.1) is 0 Å². The molecular formula is C24H25Cl2N3O3S. The van der Waals surface area contributed by atoms with E-state index in [-0.39, 0.29) is 11.0 Å². The standard InChI is InChI=1S/C24H25Cl2N3O3S/c25-17-11-27-12-18(26)19(17)20-16(21(32-29-20)15-1-2-15)13-31-24-6-3-23(4-7-24,5-8-24)14-30-22-28-9-10-33-22/h9-12,15H,1-8,13-14H2. The molecule has 0 saturated heterocycles. The molecule has 3 heterocycles. The molecule has 4 aliphatic rings. The van der Waals surface area contributed by atoms with Crippen molar-refractivity contribution < 1.29 is 14.0 Å². The molecule has 4 aliphatic carbocycles. The number of halogens is 2. The zero-order valence-electron chi connectivity index (χ0n) is 18.2. The van der Waals surface area contributed by atoms with Crippen LogP contribution in [0.15, 0.2) is 28.5 Å². The number of fused-ring (bicyclic) bond motifs is 3. The van der Waals surface area contributed by atoms with Crippen molar-refractivity contribution in [3.63, 3.8) is 0 Å². The van der Waals surface area contributed by atoms with E-state index in [1.54, 1.807) is 29.9 Å². The average molecular weight is 506 g/mol. The third-order valence-corrected chi connectivity index (χ3v) is 8.88. The summed E-state index contributed by atoms with van der Waals surface area (Å²) in [6, 6.07) is 0. The second kappa shape index (κ2) is 8.52. The Bertz CT molecular complexity index is 1100. The number of aromatic nitrogens is 3. The third-order valence-electron chi connectivity index (χ3n) is 7.62. The van der Waals surface area contributed by atoms with Crippen LogP contribution in [-0.2, 0) is 11.3 Å². The van der Waals surface area contributed by atoms with Crippen LogP contribution in [-0.4, -0.2) is 27.3 Å².